The Morgan fingerprint density at radius 1 is 1.04 bits per heavy atom. The summed E-state index contributed by atoms with van der Waals surface area (Å²) in [5, 5.41) is 22.3. The molecule has 0 aliphatic heterocycles. The lowest BCUT2D eigenvalue weighted by atomic mass is 10.1. The van der Waals surface area contributed by atoms with Crippen LogP contribution in [0.15, 0.2) is 42.5 Å². The predicted molar refractivity (Wildman–Crippen MR) is 85.8 cm³/mol. The first-order chi connectivity index (χ1) is 11.8. The van der Waals surface area contributed by atoms with Crippen molar-refractivity contribution in [2.24, 2.45) is 0 Å². The molecule has 128 valence electrons. The number of benzene rings is 2. The third kappa shape index (κ3) is 4.16. The lowest BCUT2D eigenvalue weighted by Crippen LogP contribution is -2.14. The Morgan fingerprint density at radius 2 is 1.64 bits per heavy atom. The van der Waals surface area contributed by atoms with Gasteiger partial charge < -0.3 is 15.2 Å². The van der Waals surface area contributed by atoms with Gasteiger partial charge in [-0.2, -0.15) is 0 Å². The zero-order valence-corrected chi connectivity index (χ0v) is 12.9. The molecule has 0 aliphatic rings. The number of nitro groups is 1. The fourth-order valence-corrected chi connectivity index (χ4v) is 1.98. The van der Waals surface area contributed by atoms with Crippen molar-refractivity contribution in [1.29, 1.82) is 0 Å². The van der Waals surface area contributed by atoms with Gasteiger partial charge in [0.25, 0.3) is 11.6 Å². The molecule has 2 aromatic carbocycles. The zero-order chi connectivity index (χ0) is 18.6. The molecule has 0 aliphatic carbocycles. The average molecular weight is 344 g/mol. The van der Waals surface area contributed by atoms with Gasteiger partial charge in [0.1, 0.15) is 0 Å². The number of non-ortho nitro benzene ring substituents is 1. The number of methoxy groups -OCH3 is 1. The molecule has 0 heterocycles. The van der Waals surface area contributed by atoms with Crippen LogP contribution in [-0.4, -0.2) is 35.0 Å². The molecule has 2 rings (SSSR count). The molecule has 2 aromatic rings. The second kappa shape index (κ2) is 7.21. The van der Waals surface area contributed by atoms with Crippen molar-refractivity contribution < 1.29 is 29.2 Å². The highest BCUT2D eigenvalue weighted by Gasteiger charge is 2.18. The Balaban J connectivity index is 2.31. The molecule has 0 bridgehead atoms. The highest BCUT2D eigenvalue weighted by Crippen LogP contribution is 2.19. The van der Waals surface area contributed by atoms with E-state index < -0.39 is 28.5 Å². The van der Waals surface area contributed by atoms with Gasteiger partial charge in [-0.3, -0.25) is 14.9 Å². The molecule has 0 spiro atoms. The third-order valence-corrected chi connectivity index (χ3v) is 3.20. The molecule has 0 saturated carbocycles. The van der Waals surface area contributed by atoms with Crippen LogP contribution in [-0.2, 0) is 4.74 Å². The van der Waals surface area contributed by atoms with E-state index in [1.807, 2.05) is 0 Å². The number of carboxylic acids is 1. The molecular formula is C16H12N2O7. The Labute approximate surface area is 141 Å². The summed E-state index contributed by atoms with van der Waals surface area (Å²) in [4.78, 5) is 44.9. The largest absolute Gasteiger partial charge is 0.478 e. The molecule has 9 heteroatoms. The highest BCUT2D eigenvalue weighted by molar-refractivity contribution is 6.06. The van der Waals surface area contributed by atoms with Crippen molar-refractivity contribution >= 4 is 29.2 Å². The van der Waals surface area contributed by atoms with E-state index in [1.54, 1.807) is 0 Å². The SMILES string of the molecule is COC(=O)c1cc(C(=O)Nc2ccc(C(=O)O)cc2)cc([N+](=O)[O-])c1. The molecule has 0 radical (unpaired) electrons. The van der Waals surface area contributed by atoms with Gasteiger partial charge in [0.15, 0.2) is 0 Å². The molecule has 0 atom stereocenters. The summed E-state index contributed by atoms with van der Waals surface area (Å²) in [5.74, 6) is -2.63. The third-order valence-electron chi connectivity index (χ3n) is 3.20. The Bertz CT molecular complexity index is 859. The van der Waals surface area contributed by atoms with E-state index in [1.165, 1.54) is 30.3 Å². The molecule has 0 saturated heterocycles. The predicted octanol–water partition coefficient (Wildman–Crippen LogP) is 2.33. The van der Waals surface area contributed by atoms with E-state index >= 15 is 0 Å². The maximum absolute atomic E-state index is 12.3. The molecule has 0 fully saturated rings. The molecular weight excluding hydrogens is 332 g/mol. The Hall–Kier alpha value is -3.75. The second-order valence-electron chi connectivity index (χ2n) is 4.85. The van der Waals surface area contributed by atoms with Crippen molar-refractivity contribution in [3.05, 3.63) is 69.3 Å². The number of amides is 1. The van der Waals surface area contributed by atoms with Crippen LogP contribution in [0.3, 0.4) is 0 Å². The number of nitro benzene ring substituents is 1. The average Bonchev–Trinajstić information content (AvgIpc) is 2.60. The van der Waals surface area contributed by atoms with E-state index in [9.17, 15) is 24.5 Å². The van der Waals surface area contributed by atoms with Gasteiger partial charge in [0.2, 0.25) is 0 Å². The zero-order valence-electron chi connectivity index (χ0n) is 12.9. The van der Waals surface area contributed by atoms with Gasteiger partial charge in [-0.1, -0.05) is 0 Å². The van der Waals surface area contributed by atoms with Crippen LogP contribution >= 0.6 is 0 Å². The van der Waals surface area contributed by atoms with E-state index in [2.05, 4.69) is 10.1 Å². The van der Waals surface area contributed by atoms with Crippen LogP contribution in [0.2, 0.25) is 0 Å². The number of nitrogens with one attached hydrogen (secondary N) is 1. The van der Waals surface area contributed by atoms with Crippen molar-refractivity contribution in [2.45, 2.75) is 0 Å². The summed E-state index contributed by atoms with van der Waals surface area (Å²) < 4.78 is 4.51. The number of anilines is 1. The Kier molecular flexibility index (Phi) is 5.08. The van der Waals surface area contributed by atoms with Gasteiger partial charge in [0, 0.05) is 23.4 Å². The van der Waals surface area contributed by atoms with Crippen molar-refractivity contribution in [3.8, 4) is 0 Å². The molecule has 0 aromatic heterocycles. The molecule has 9 nitrogen and oxygen atoms in total. The number of hydrogen-bond acceptors (Lipinski definition) is 6. The van der Waals surface area contributed by atoms with E-state index in [4.69, 9.17) is 5.11 Å². The molecule has 0 unspecified atom stereocenters. The minimum Gasteiger partial charge on any atom is -0.478 e. The number of carbonyl (C=O) groups is 3. The van der Waals surface area contributed by atoms with Crippen LogP contribution in [0, 0.1) is 10.1 Å². The molecule has 2 N–H and O–H groups in total. The number of carboxylic acid groups (broad SMARTS) is 1. The van der Waals surface area contributed by atoms with E-state index in [0.29, 0.717) is 5.69 Å². The number of carbonyl (C=O) groups excluding carboxylic acids is 2. The van der Waals surface area contributed by atoms with Crippen molar-refractivity contribution in [2.75, 3.05) is 12.4 Å². The normalized spacial score (nSPS) is 9.96. The number of ether oxygens (including phenoxy) is 1. The summed E-state index contributed by atoms with van der Waals surface area (Å²) in [6.45, 7) is 0. The second-order valence-corrected chi connectivity index (χ2v) is 4.85. The summed E-state index contributed by atoms with van der Waals surface area (Å²) >= 11 is 0. The van der Waals surface area contributed by atoms with Gasteiger partial charge in [0.05, 0.1) is 23.2 Å². The van der Waals surface area contributed by atoms with Crippen LogP contribution in [0.4, 0.5) is 11.4 Å². The number of rotatable bonds is 5. The fraction of sp³-hybridized carbons (Fsp3) is 0.0625. The van der Waals surface area contributed by atoms with Crippen LogP contribution in [0.1, 0.15) is 31.1 Å². The maximum Gasteiger partial charge on any atom is 0.338 e. The van der Waals surface area contributed by atoms with E-state index in [-0.39, 0.29) is 16.7 Å². The van der Waals surface area contributed by atoms with Gasteiger partial charge >= 0.3 is 11.9 Å². The maximum atomic E-state index is 12.3. The van der Waals surface area contributed by atoms with Crippen LogP contribution < -0.4 is 5.32 Å². The molecule has 25 heavy (non-hydrogen) atoms. The summed E-state index contributed by atoms with van der Waals surface area (Å²) in [6, 6.07) is 8.54. The lowest BCUT2D eigenvalue weighted by Gasteiger charge is -2.07. The standard InChI is InChI=1S/C16H12N2O7/c1-25-16(22)11-6-10(7-13(8-11)18(23)24)14(19)17-12-4-2-9(3-5-12)15(20)21/h2-8H,1H3,(H,17,19)(H,20,21). The Morgan fingerprint density at radius 3 is 2.16 bits per heavy atom. The summed E-state index contributed by atoms with van der Waals surface area (Å²) in [5.41, 5.74) is -0.350. The fourth-order valence-electron chi connectivity index (χ4n) is 1.98. The smallest absolute Gasteiger partial charge is 0.338 e. The number of esters is 1. The molecule has 1 amide bonds. The minimum atomic E-state index is -1.11. The van der Waals surface area contributed by atoms with Gasteiger partial charge in [-0.25, -0.2) is 9.59 Å². The topological polar surface area (TPSA) is 136 Å². The summed E-state index contributed by atoms with van der Waals surface area (Å²) in [6.07, 6.45) is 0. The van der Waals surface area contributed by atoms with Crippen molar-refractivity contribution in [1.82, 2.24) is 0 Å². The number of hydrogen-bond donors (Lipinski definition) is 2. The minimum absolute atomic E-state index is 0.0429. The van der Waals surface area contributed by atoms with Gasteiger partial charge in [-0.05, 0) is 30.3 Å². The highest BCUT2D eigenvalue weighted by atomic mass is 16.6. The quantitative estimate of drug-likeness (QED) is 0.482. The number of nitrogens with zero attached hydrogens (tertiary/aromatic N) is 1. The van der Waals surface area contributed by atoms with Gasteiger partial charge in [-0.15, -0.1) is 0 Å². The summed E-state index contributed by atoms with van der Waals surface area (Å²) in [7, 11) is 1.12. The van der Waals surface area contributed by atoms with Crippen LogP contribution in [0.25, 0.3) is 0 Å². The first kappa shape index (κ1) is 17.6. The first-order valence-electron chi connectivity index (χ1n) is 6.84. The van der Waals surface area contributed by atoms with Crippen molar-refractivity contribution in [3.63, 3.8) is 0 Å². The van der Waals surface area contributed by atoms with Crippen LogP contribution in [0.5, 0.6) is 0 Å². The number of aromatic carboxylic acids is 1. The van der Waals surface area contributed by atoms with E-state index in [0.717, 1.165) is 19.2 Å². The first-order valence-corrected chi connectivity index (χ1v) is 6.84. The lowest BCUT2D eigenvalue weighted by molar-refractivity contribution is -0.384. The monoisotopic (exact) mass is 344 g/mol.